The first-order valence-corrected chi connectivity index (χ1v) is 19.6. The number of pyridine rings is 1. The maximum Gasteiger partial charge on any atom is 0.410 e. The van der Waals surface area contributed by atoms with Gasteiger partial charge in [-0.3, -0.25) is 14.9 Å². The molecule has 0 radical (unpaired) electrons. The molecule has 1 aliphatic rings. The van der Waals surface area contributed by atoms with E-state index in [2.05, 4.69) is 63.6 Å². The van der Waals surface area contributed by atoms with Crippen LogP contribution in [0.15, 0.2) is 49.3 Å². The number of amides is 1. The molecule has 0 aromatic carbocycles. The van der Waals surface area contributed by atoms with Gasteiger partial charge in [-0.15, -0.1) is 0 Å². The molecule has 1 N–H and O–H groups in total. The van der Waals surface area contributed by atoms with Crippen LogP contribution in [0.2, 0.25) is 25.7 Å². The van der Waals surface area contributed by atoms with Crippen LogP contribution in [0.25, 0.3) is 22.3 Å². The highest BCUT2D eigenvalue weighted by Gasteiger charge is 2.36. The molecule has 0 aliphatic carbocycles. The number of nitrogens with one attached hydrogen (secondary N) is 1. The fraction of sp³-hybridized carbons (Fsp3) is 0.515. The van der Waals surface area contributed by atoms with Crippen LogP contribution in [-0.4, -0.2) is 85.9 Å². The molecule has 5 heterocycles. The van der Waals surface area contributed by atoms with Crippen molar-refractivity contribution in [3.05, 3.63) is 55.0 Å². The maximum atomic E-state index is 12.9. The number of hydrogen-bond donors (Lipinski definition) is 1. The standard InChI is InChI=1S/C33H47N9O3Si/c1-23-18-40(19-24(2)42(23)32(43)45-33(3,4)5)28-11-9-10-25(39-28)16-36-30-29-26(27-17-34-12-13-35-27)20-41(31(29)38-21-37-30)22-44-14-15-46(6,7)8/h9-13,17,20-21,23-24H,14-16,18-19,22H2,1-8H3,(H,36,37,38)/t23-,24+. The minimum atomic E-state index is -1.20. The number of rotatable bonds is 10. The van der Waals surface area contributed by atoms with E-state index in [1.807, 2.05) is 54.6 Å². The van der Waals surface area contributed by atoms with Gasteiger partial charge in [0.15, 0.2) is 0 Å². The Labute approximate surface area is 272 Å². The van der Waals surface area contributed by atoms with E-state index in [4.69, 9.17) is 14.5 Å². The Kier molecular flexibility index (Phi) is 9.92. The van der Waals surface area contributed by atoms with E-state index in [9.17, 15) is 4.79 Å². The van der Waals surface area contributed by atoms with Crippen molar-refractivity contribution in [2.75, 3.05) is 29.9 Å². The smallest absolute Gasteiger partial charge is 0.410 e. The van der Waals surface area contributed by atoms with E-state index in [-0.39, 0.29) is 18.2 Å². The fourth-order valence-electron chi connectivity index (χ4n) is 5.63. The third-order valence-corrected chi connectivity index (χ3v) is 9.50. The summed E-state index contributed by atoms with van der Waals surface area (Å²) >= 11 is 0. The van der Waals surface area contributed by atoms with Crippen LogP contribution in [-0.2, 0) is 22.7 Å². The van der Waals surface area contributed by atoms with E-state index in [1.165, 1.54) is 0 Å². The lowest BCUT2D eigenvalue weighted by atomic mass is 10.1. The Bertz CT molecular complexity index is 1620. The van der Waals surface area contributed by atoms with Gasteiger partial charge in [-0.05, 0) is 52.8 Å². The topological polar surface area (TPSA) is 123 Å². The summed E-state index contributed by atoms with van der Waals surface area (Å²) in [6.07, 6.45) is 8.40. The Morgan fingerprint density at radius 3 is 2.50 bits per heavy atom. The number of carbonyl (C=O) groups is 1. The first kappa shape index (κ1) is 33.3. The predicted molar refractivity (Wildman–Crippen MR) is 183 cm³/mol. The third kappa shape index (κ3) is 8.18. The summed E-state index contributed by atoms with van der Waals surface area (Å²) in [4.78, 5) is 40.1. The van der Waals surface area contributed by atoms with Crippen LogP contribution in [0, 0.1) is 0 Å². The minimum Gasteiger partial charge on any atom is -0.444 e. The van der Waals surface area contributed by atoms with Gasteiger partial charge in [-0.25, -0.2) is 19.7 Å². The quantitative estimate of drug-likeness (QED) is 0.161. The van der Waals surface area contributed by atoms with Gasteiger partial charge >= 0.3 is 6.09 Å². The molecule has 246 valence electrons. The van der Waals surface area contributed by atoms with Crippen molar-refractivity contribution in [2.24, 2.45) is 0 Å². The molecule has 2 atom stereocenters. The average molecular weight is 646 g/mol. The van der Waals surface area contributed by atoms with Crippen molar-refractivity contribution in [1.82, 2.24) is 34.4 Å². The van der Waals surface area contributed by atoms with Crippen molar-refractivity contribution in [3.8, 4) is 11.3 Å². The van der Waals surface area contributed by atoms with Crippen molar-refractivity contribution in [2.45, 2.75) is 91.3 Å². The molecule has 13 heteroatoms. The van der Waals surface area contributed by atoms with Crippen LogP contribution in [0.4, 0.5) is 16.4 Å². The Morgan fingerprint density at radius 1 is 1.07 bits per heavy atom. The van der Waals surface area contributed by atoms with Crippen molar-refractivity contribution < 1.29 is 14.3 Å². The number of aromatic nitrogens is 6. The molecule has 1 amide bonds. The largest absolute Gasteiger partial charge is 0.444 e. The zero-order valence-electron chi connectivity index (χ0n) is 28.3. The molecule has 0 bridgehead atoms. The minimum absolute atomic E-state index is 0.0282. The number of carbonyl (C=O) groups excluding carboxylic acids is 1. The van der Waals surface area contributed by atoms with Gasteiger partial charge in [0, 0.05) is 51.9 Å². The first-order valence-electron chi connectivity index (χ1n) is 15.9. The number of piperazine rings is 1. The highest BCUT2D eigenvalue weighted by Crippen LogP contribution is 2.33. The normalized spacial score (nSPS) is 17.4. The second-order valence-electron chi connectivity index (χ2n) is 14.2. The summed E-state index contributed by atoms with van der Waals surface area (Å²) in [5, 5.41) is 4.36. The van der Waals surface area contributed by atoms with E-state index in [0.717, 1.165) is 39.8 Å². The van der Waals surface area contributed by atoms with Gasteiger partial charge in [-0.2, -0.15) is 0 Å². The van der Waals surface area contributed by atoms with Gasteiger partial charge in [0.1, 0.15) is 35.9 Å². The molecule has 0 unspecified atom stereocenters. The van der Waals surface area contributed by atoms with Crippen LogP contribution >= 0.6 is 0 Å². The van der Waals surface area contributed by atoms with E-state index in [1.54, 1.807) is 24.9 Å². The van der Waals surface area contributed by atoms with Crippen LogP contribution < -0.4 is 10.2 Å². The highest BCUT2D eigenvalue weighted by atomic mass is 28.3. The third-order valence-electron chi connectivity index (χ3n) is 7.80. The van der Waals surface area contributed by atoms with Gasteiger partial charge in [0.25, 0.3) is 0 Å². The molecule has 0 spiro atoms. The molecule has 1 aliphatic heterocycles. The van der Waals surface area contributed by atoms with Gasteiger partial charge in [0.2, 0.25) is 0 Å². The molecule has 4 aromatic rings. The van der Waals surface area contributed by atoms with Crippen molar-refractivity contribution >= 4 is 36.8 Å². The Balaban J connectivity index is 1.33. The maximum absolute atomic E-state index is 12.9. The summed E-state index contributed by atoms with van der Waals surface area (Å²) in [6, 6.07) is 7.07. The van der Waals surface area contributed by atoms with Crippen LogP contribution in [0.5, 0.6) is 0 Å². The van der Waals surface area contributed by atoms with Crippen LogP contribution in [0.3, 0.4) is 0 Å². The number of nitrogens with zero attached hydrogens (tertiary/aromatic N) is 8. The lowest BCUT2D eigenvalue weighted by Crippen LogP contribution is -2.59. The lowest BCUT2D eigenvalue weighted by Gasteiger charge is -2.45. The lowest BCUT2D eigenvalue weighted by molar-refractivity contribution is 0.00559. The second kappa shape index (κ2) is 13.7. The molecular weight excluding hydrogens is 599 g/mol. The molecule has 5 rings (SSSR count). The van der Waals surface area contributed by atoms with Crippen molar-refractivity contribution in [1.29, 1.82) is 0 Å². The van der Waals surface area contributed by atoms with Crippen molar-refractivity contribution in [3.63, 3.8) is 0 Å². The number of ether oxygens (including phenoxy) is 2. The SMILES string of the molecule is C[C@@H]1CN(c2cccc(CNc3ncnc4c3c(-c3cnccn3)cn4COCC[Si](C)(C)C)n2)C[C@H](C)N1C(=O)OC(C)(C)C. The molecule has 0 saturated carbocycles. The highest BCUT2D eigenvalue weighted by molar-refractivity contribution is 6.76. The molecule has 4 aromatic heterocycles. The summed E-state index contributed by atoms with van der Waals surface area (Å²) < 4.78 is 13.8. The number of fused-ring (bicyclic) bond motifs is 1. The summed E-state index contributed by atoms with van der Waals surface area (Å²) in [5.74, 6) is 1.56. The molecule has 46 heavy (non-hydrogen) atoms. The summed E-state index contributed by atoms with van der Waals surface area (Å²) in [7, 11) is -1.20. The molecule has 1 saturated heterocycles. The van der Waals surface area contributed by atoms with E-state index in [0.29, 0.717) is 38.8 Å². The zero-order valence-corrected chi connectivity index (χ0v) is 29.3. The summed E-state index contributed by atoms with van der Waals surface area (Å²) in [6.45, 7) is 19.7. The second-order valence-corrected chi connectivity index (χ2v) is 19.8. The average Bonchev–Trinajstić information content (AvgIpc) is 3.36. The van der Waals surface area contributed by atoms with E-state index < -0.39 is 13.7 Å². The number of anilines is 2. The fourth-order valence-corrected chi connectivity index (χ4v) is 6.39. The Hall–Kier alpha value is -4.10. The first-order chi connectivity index (χ1) is 21.8. The number of hydrogen-bond acceptors (Lipinski definition) is 10. The van der Waals surface area contributed by atoms with Crippen LogP contribution in [0.1, 0.15) is 40.3 Å². The van der Waals surface area contributed by atoms with E-state index >= 15 is 0 Å². The summed E-state index contributed by atoms with van der Waals surface area (Å²) in [5.41, 5.74) is 2.71. The van der Waals surface area contributed by atoms with Gasteiger partial charge < -0.3 is 24.3 Å². The Morgan fingerprint density at radius 2 is 1.83 bits per heavy atom. The van der Waals surface area contributed by atoms with Gasteiger partial charge in [-0.1, -0.05) is 25.7 Å². The molecular formula is C33H47N9O3Si. The monoisotopic (exact) mass is 645 g/mol. The molecule has 1 fully saturated rings. The zero-order chi connectivity index (χ0) is 33.1. The molecule has 12 nitrogen and oxygen atoms in total. The van der Waals surface area contributed by atoms with Gasteiger partial charge in [0.05, 0.1) is 41.6 Å². The predicted octanol–water partition coefficient (Wildman–Crippen LogP) is 6.04.